The average molecular weight is 457 g/mol. The van der Waals surface area contributed by atoms with Crippen molar-refractivity contribution in [2.75, 3.05) is 19.0 Å². The number of anilines is 1. The minimum Gasteiger partial charge on any atom is -0.354 e. The van der Waals surface area contributed by atoms with Crippen LogP contribution in [0, 0.1) is 6.92 Å². The highest BCUT2D eigenvalue weighted by Gasteiger charge is 2.32. The number of amides is 3. The van der Waals surface area contributed by atoms with Gasteiger partial charge in [0, 0.05) is 30.6 Å². The van der Waals surface area contributed by atoms with Gasteiger partial charge >= 0.3 is 6.03 Å². The van der Waals surface area contributed by atoms with Gasteiger partial charge in [-0.25, -0.2) is 4.79 Å². The van der Waals surface area contributed by atoms with Gasteiger partial charge in [0.2, 0.25) is 0 Å². The molecule has 1 aliphatic heterocycles. The number of hydroxylamine groups is 2. The fourth-order valence-electron chi connectivity index (χ4n) is 4.13. The van der Waals surface area contributed by atoms with Crippen LogP contribution in [0.4, 0.5) is 10.5 Å². The van der Waals surface area contributed by atoms with Crippen LogP contribution in [0.15, 0.2) is 60.8 Å². The van der Waals surface area contributed by atoms with E-state index in [1.165, 1.54) is 5.06 Å². The van der Waals surface area contributed by atoms with E-state index in [1.54, 1.807) is 13.2 Å². The zero-order chi connectivity index (χ0) is 23.7. The van der Waals surface area contributed by atoms with Crippen LogP contribution in [0.1, 0.15) is 34.2 Å². The van der Waals surface area contributed by atoms with Crippen molar-refractivity contribution in [2.45, 2.75) is 19.4 Å². The molecular weight excluding hydrogens is 432 g/mol. The van der Waals surface area contributed by atoms with Gasteiger partial charge in [-0.05, 0) is 36.2 Å². The Morgan fingerprint density at radius 1 is 1.12 bits per heavy atom. The summed E-state index contributed by atoms with van der Waals surface area (Å²) < 4.78 is 0. The number of aromatic nitrogens is 3. The number of nitrogens with one attached hydrogen (secondary N) is 3. The van der Waals surface area contributed by atoms with Crippen molar-refractivity contribution in [3.63, 3.8) is 0 Å². The number of nitrogens with zero attached hydrogens (tertiary/aromatic N) is 3. The molecule has 3 heterocycles. The minimum atomic E-state index is -0.340. The monoisotopic (exact) mass is 456 g/mol. The van der Waals surface area contributed by atoms with E-state index in [0.717, 1.165) is 34.0 Å². The lowest BCUT2D eigenvalue weighted by Crippen LogP contribution is -2.33. The molecule has 172 valence electrons. The third-order valence-electron chi connectivity index (χ3n) is 5.96. The largest absolute Gasteiger partial charge is 0.354 e. The van der Waals surface area contributed by atoms with E-state index < -0.39 is 0 Å². The van der Waals surface area contributed by atoms with Crippen LogP contribution in [0.25, 0.3) is 22.0 Å². The van der Waals surface area contributed by atoms with Crippen LogP contribution in [0.2, 0.25) is 0 Å². The minimum absolute atomic E-state index is 0.144. The molecular formula is C25H24N6O3. The van der Waals surface area contributed by atoms with Gasteiger partial charge in [0.25, 0.3) is 5.91 Å². The van der Waals surface area contributed by atoms with E-state index in [2.05, 4.69) is 25.8 Å². The first-order valence-corrected chi connectivity index (χ1v) is 11.0. The molecule has 3 N–H and O–H groups in total. The maximum absolute atomic E-state index is 13.1. The summed E-state index contributed by atoms with van der Waals surface area (Å²) in [6, 6.07) is 16.9. The number of aromatic amines is 1. The average Bonchev–Trinajstić information content (AvgIpc) is 3.52. The summed E-state index contributed by atoms with van der Waals surface area (Å²) in [4.78, 5) is 35.2. The molecule has 1 atom stereocenters. The fourth-order valence-corrected chi connectivity index (χ4v) is 4.13. The Morgan fingerprint density at radius 2 is 1.94 bits per heavy atom. The summed E-state index contributed by atoms with van der Waals surface area (Å²) in [7, 11) is 1.57. The summed E-state index contributed by atoms with van der Waals surface area (Å²) in [5, 5.41) is 14.7. The Balaban J connectivity index is 1.40. The lowest BCUT2D eigenvalue weighted by Gasteiger charge is -2.23. The molecule has 2 aromatic heterocycles. The topological polar surface area (TPSA) is 112 Å². The van der Waals surface area contributed by atoms with Crippen molar-refractivity contribution < 1.29 is 14.4 Å². The highest BCUT2D eigenvalue weighted by atomic mass is 16.7. The molecule has 9 nitrogen and oxygen atoms in total. The molecule has 0 aliphatic carbocycles. The quantitative estimate of drug-likeness (QED) is 0.426. The van der Waals surface area contributed by atoms with E-state index in [9.17, 15) is 9.59 Å². The second kappa shape index (κ2) is 8.95. The Morgan fingerprint density at radius 3 is 2.74 bits per heavy atom. The maximum atomic E-state index is 13.1. The standard InChI is InChI=1S/C25H24N6O3/c1-15-20(28-25(33)31-22(10-11-34-31)16-6-4-3-5-7-16)13-18(14-27-15)17-8-9-19-21(12-17)29-30-23(19)24(32)26-2/h3-9,12-14,22H,10-11H2,1-2H3,(H,26,32)(H,28,33)(H,29,30)/t22-/m0/s1. The van der Waals surface area contributed by atoms with Crippen LogP contribution in [0.3, 0.4) is 0 Å². The smallest absolute Gasteiger partial charge is 0.346 e. The van der Waals surface area contributed by atoms with Crippen LogP contribution >= 0.6 is 0 Å². The molecule has 1 fully saturated rings. The molecule has 0 unspecified atom stereocenters. The predicted octanol–water partition coefficient (Wildman–Crippen LogP) is 4.20. The Kier molecular flexibility index (Phi) is 5.69. The first kappa shape index (κ1) is 21.6. The second-order valence-electron chi connectivity index (χ2n) is 8.07. The Hall–Kier alpha value is -4.24. The van der Waals surface area contributed by atoms with E-state index in [1.807, 2.05) is 61.5 Å². The second-order valence-corrected chi connectivity index (χ2v) is 8.07. The summed E-state index contributed by atoms with van der Waals surface area (Å²) in [6.07, 6.45) is 2.48. The van der Waals surface area contributed by atoms with Crippen LogP contribution < -0.4 is 10.6 Å². The van der Waals surface area contributed by atoms with Gasteiger partial charge in [0.1, 0.15) is 0 Å². The summed E-state index contributed by atoms with van der Waals surface area (Å²) in [5.41, 5.74) is 5.10. The van der Waals surface area contributed by atoms with E-state index in [-0.39, 0.29) is 18.0 Å². The molecule has 2 aromatic carbocycles. The van der Waals surface area contributed by atoms with Gasteiger partial charge in [0.05, 0.1) is 29.5 Å². The van der Waals surface area contributed by atoms with Crippen molar-refractivity contribution in [2.24, 2.45) is 0 Å². The molecule has 9 heteroatoms. The predicted molar refractivity (Wildman–Crippen MR) is 128 cm³/mol. The van der Waals surface area contributed by atoms with Gasteiger partial charge in [-0.15, -0.1) is 0 Å². The highest BCUT2D eigenvalue weighted by Crippen LogP contribution is 2.32. The molecule has 3 amide bonds. The van der Waals surface area contributed by atoms with Crippen molar-refractivity contribution in [3.05, 3.63) is 77.7 Å². The van der Waals surface area contributed by atoms with Gasteiger partial charge < -0.3 is 10.6 Å². The van der Waals surface area contributed by atoms with Crippen molar-refractivity contribution >= 4 is 28.5 Å². The fraction of sp³-hybridized carbons (Fsp3) is 0.200. The molecule has 4 aromatic rings. The summed E-state index contributed by atoms with van der Waals surface area (Å²) in [5.74, 6) is -0.251. The number of hydrogen-bond donors (Lipinski definition) is 3. The first-order valence-electron chi connectivity index (χ1n) is 11.0. The molecule has 0 radical (unpaired) electrons. The van der Waals surface area contributed by atoms with Crippen molar-refractivity contribution in [1.82, 2.24) is 25.6 Å². The number of benzene rings is 2. The number of aryl methyl sites for hydroxylation is 1. The molecule has 1 aliphatic rings. The lowest BCUT2D eigenvalue weighted by molar-refractivity contribution is -0.0829. The zero-order valence-corrected chi connectivity index (χ0v) is 18.8. The molecule has 1 saturated heterocycles. The third kappa shape index (κ3) is 3.97. The number of pyridine rings is 1. The number of urea groups is 1. The zero-order valence-electron chi connectivity index (χ0n) is 18.8. The number of hydrogen-bond acceptors (Lipinski definition) is 5. The Bertz CT molecular complexity index is 1370. The number of fused-ring (bicyclic) bond motifs is 1. The summed E-state index contributed by atoms with van der Waals surface area (Å²) in [6.45, 7) is 2.32. The van der Waals surface area contributed by atoms with Crippen LogP contribution in [-0.2, 0) is 4.84 Å². The highest BCUT2D eigenvalue weighted by molar-refractivity contribution is 6.05. The van der Waals surface area contributed by atoms with E-state index >= 15 is 0 Å². The number of carbonyl (C=O) groups is 2. The van der Waals surface area contributed by atoms with Crippen molar-refractivity contribution in [3.8, 4) is 11.1 Å². The van der Waals surface area contributed by atoms with Crippen LogP contribution in [0.5, 0.6) is 0 Å². The van der Waals surface area contributed by atoms with Crippen molar-refractivity contribution in [1.29, 1.82) is 0 Å². The SMILES string of the molecule is CNC(=O)c1n[nH]c2cc(-c3cnc(C)c(NC(=O)N4OCC[C@H]4c4ccccc4)c3)ccc12. The summed E-state index contributed by atoms with van der Waals surface area (Å²) >= 11 is 0. The van der Waals surface area contributed by atoms with Gasteiger partial charge in [-0.1, -0.05) is 36.4 Å². The molecule has 0 bridgehead atoms. The number of H-pyrrole nitrogens is 1. The maximum Gasteiger partial charge on any atom is 0.346 e. The van der Waals surface area contributed by atoms with Gasteiger partial charge in [0.15, 0.2) is 5.69 Å². The number of carbonyl (C=O) groups excluding carboxylic acids is 2. The number of rotatable bonds is 4. The lowest BCUT2D eigenvalue weighted by atomic mass is 10.0. The normalized spacial score (nSPS) is 15.5. The first-order chi connectivity index (χ1) is 16.5. The van der Waals surface area contributed by atoms with E-state index in [4.69, 9.17) is 4.84 Å². The van der Waals surface area contributed by atoms with Crippen LogP contribution in [-0.4, -0.2) is 45.8 Å². The third-order valence-corrected chi connectivity index (χ3v) is 5.96. The molecule has 0 saturated carbocycles. The van der Waals surface area contributed by atoms with Gasteiger partial charge in [-0.2, -0.15) is 10.2 Å². The van der Waals surface area contributed by atoms with E-state index in [0.29, 0.717) is 23.7 Å². The molecule has 0 spiro atoms. The van der Waals surface area contributed by atoms with Gasteiger partial charge in [-0.3, -0.25) is 19.7 Å². The Labute approximate surface area is 196 Å². The molecule has 5 rings (SSSR count). The molecule has 34 heavy (non-hydrogen) atoms.